The Hall–Kier alpha value is -0.530. The molecular formula is C4H8B2O2. The van der Waals surface area contributed by atoms with Gasteiger partial charge in [0.05, 0.1) is 14.9 Å². The van der Waals surface area contributed by atoms with Gasteiger partial charge in [-0.2, -0.15) is 0 Å². The molecule has 0 spiro atoms. The predicted octanol–water partition coefficient (Wildman–Crippen LogP) is -1.45. The molecule has 0 rings (SSSR count). The molecule has 0 aromatic heterocycles. The summed E-state index contributed by atoms with van der Waals surface area (Å²) in [7, 11) is 2.63. The maximum Gasteiger partial charge on any atom is 0.189 e. The van der Waals surface area contributed by atoms with Crippen molar-refractivity contribution in [3.05, 3.63) is 0 Å². The van der Waals surface area contributed by atoms with Gasteiger partial charge in [0, 0.05) is 0 Å². The summed E-state index contributed by atoms with van der Waals surface area (Å²) in [6.07, 6.45) is 0.383. The van der Waals surface area contributed by atoms with E-state index in [9.17, 15) is 9.59 Å². The molecule has 0 radical (unpaired) electrons. The van der Waals surface area contributed by atoms with Gasteiger partial charge < -0.3 is 0 Å². The van der Waals surface area contributed by atoms with E-state index in [-0.39, 0.29) is 11.6 Å². The van der Waals surface area contributed by atoms with Crippen LogP contribution in [0, 0.1) is 0 Å². The van der Waals surface area contributed by atoms with Crippen molar-refractivity contribution >= 4 is 27.0 Å². The molecule has 0 aromatic carbocycles. The molecule has 0 bridgehead atoms. The first-order chi connectivity index (χ1) is 3.72. The van der Waals surface area contributed by atoms with Crippen molar-refractivity contribution in [2.75, 3.05) is 0 Å². The van der Waals surface area contributed by atoms with Crippen LogP contribution in [-0.4, -0.2) is 27.0 Å². The quantitative estimate of drug-likeness (QED) is 0.253. The number of ketones is 1. The minimum atomic E-state index is -0.299. The number of carbonyl (C=O) groups is 2. The van der Waals surface area contributed by atoms with Crippen molar-refractivity contribution in [1.29, 1.82) is 0 Å². The summed E-state index contributed by atoms with van der Waals surface area (Å²) in [5.74, 6) is -0.389. The Bertz CT molecular complexity index is 102. The molecule has 1 atom stereocenters. The second-order valence-corrected chi connectivity index (χ2v) is 1.83. The Morgan fingerprint density at radius 2 is 2.38 bits per heavy atom. The first-order valence-corrected chi connectivity index (χ1v) is 2.71. The fourth-order valence-electron chi connectivity index (χ4n) is 0.317. The smallest absolute Gasteiger partial charge is 0.189 e. The van der Waals surface area contributed by atoms with Crippen LogP contribution in [0.25, 0.3) is 0 Å². The Morgan fingerprint density at radius 3 is 2.50 bits per heavy atom. The molecule has 4 heteroatoms. The van der Waals surface area contributed by atoms with Crippen LogP contribution in [0.5, 0.6) is 0 Å². The van der Waals surface area contributed by atoms with Gasteiger partial charge in [-0.1, -0.05) is 6.92 Å². The SMILES string of the molecule is BBC(C)C(=O)C=O. The third-order valence-electron chi connectivity index (χ3n) is 1.21. The third-order valence-corrected chi connectivity index (χ3v) is 1.21. The Balaban J connectivity index is 3.62. The highest BCUT2D eigenvalue weighted by molar-refractivity contribution is 6.92. The highest BCUT2D eigenvalue weighted by Crippen LogP contribution is 1.96. The van der Waals surface area contributed by atoms with E-state index < -0.39 is 0 Å². The Morgan fingerprint density at radius 1 is 1.88 bits per heavy atom. The summed E-state index contributed by atoms with van der Waals surface area (Å²) in [6.45, 7) is 1.75. The van der Waals surface area contributed by atoms with Gasteiger partial charge in [0.2, 0.25) is 0 Å². The lowest BCUT2D eigenvalue weighted by Gasteiger charge is -1.95. The topological polar surface area (TPSA) is 34.1 Å². The molecule has 0 aromatic rings. The number of hydrogen-bond acceptors (Lipinski definition) is 2. The normalized spacial score (nSPS) is 12.1. The lowest BCUT2D eigenvalue weighted by atomic mass is 9.47. The predicted molar refractivity (Wildman–Crippen MR) is 36.2 cm³/mol. The Labute approximate surface area is 50.3 Å². The van der Waals surface area contributed by atoms with Crippen molar-refractivity contribution in [3.8, 4) is 0 Å². The maximum absolute atomic E-state index is 10.4. The number of hydrogen-bond donors (Lipinski definition) is 0. The maximum atomic E-state index is 10.4. The lowest BCUT2D eigenvalue weighted by molar-refractivity contribution is -0.129. The van der Waals surface area contributed by atoms with Crippen molar-refractivity contribution in [2.24, 2.45) is 0 Å². The van der Waals surface area contributed by atoms with Crippen LogP contribution in [0.1, 0.15) is 6.92 Å². The molecule has 0 heterocycles. The van der Waals surface area contributed by atoms with Gasteiger partial charge in [0.1, 0.15) is 0 Å². The molecule has 0 amide bonds. The van der Waals surface area contributed by atoms with E-state index in [4.69, 9.17) is 0 Å². The number of aldehydes is 1. The van der Waals surface area contributed by atoms with Gasteiger partial charge >= 0.3 is 0 Å². The van der Waals surface area contributed by atoms with Gasteiger partial charge in [0.15, 0.2) is 12.1 Å². The van der Waals surface area contributed by atoms with Crippen LogP contribution in [0.4, 0.5) is 0 Å². The second kappa shape index (κ2) is 3.47. The van der Waals surface area contributed by atoms with Crippen LogP contribution in [-0.2, 0) is 9.59 Å². The molecule has 0 aliphatic heterocycles. The van der Waals surface area contributed by atoms with Crippen LogP contribution in [0.2, 0.25) is 5.82 Å². The molecule has 0 aliphatic carbocycles. The first kappa shape index (κ1) is 7.47. The zero-order valence-corrected chi connectivity index (χ0v) is 5.18. The zero-order valence-electron chi connectivity index (χ0n) is 5.18. The van der Waals surface area contributed by atoms with Crippen LogP contribution >= 0.6 is 0 Å². The summed E-state index contributed by atoms with van der Waals surface area (Å²) < 4.78 is 0. The molecule has 2 nitrogen and oxygen atoms in total. The molecule has 8 heavy (non-hydrogen) atoms. The van der Waals surface area contributed by atoms with E-state index in [1.807, 2.05) is 7.74 Å². The van der Waals surface area contributed by atoms with Gasteiger partial charge in [-0.15, -0.1) is 0 Å². The summed E-state index contributed by atoms with van der Waals surface area (Å²) in [4.78, 5) is 20.1. The minimum absolute atomic E-state index is 0.0903. The van der Waals surface area contributed by atoms with Crippen LogP contribution in [0.3, 0.4) is 0 Å². The molecule has 1 unspecified atom stereocenters. The minimum Gasteiger partial charge on any atom is -0.295 e. The van der Waals surface area contributed by atoms with E-state index in [1.165, 1.54) is 0 Å². The molecular weight excluding hydrogens is 102 g/mol. The zero-order chi connectivity index (χ0) is 6.57. The fourth-order valence-corrected chi connectivity index (χ4v) is 0.317. The average Bonchev–Trinajstić information content (AvgIpc) is 1.84. The van der Waals surface area contributed by atoms with E-state index in [1.54, 1.807) is 6.92 Å². The molecule has 0 saturated heterocycles. The summed E-state index contributed by atoms with van der Waals surface area (Å²) >= 11 is 0. The fraction of sp³-hybridized carbons (Fsp3) is 0.500. The van der Waals surface area contributed by atoms with Gasteiger partial charge in [-0.05, 0) is 5.82 Å². The first-order valence-electron chi connectivity index (χ1n) is 2.71. The number of Topliss-reactive ketones (excluding diaryl/α,β-unsaturated/α-hetero) is 1. The lowest BCUT2D eigenvalue weighted by Crippen LogP contribution is -2.12. The van der Waals surface area contributed by atoms with Crippen LogP contribution in [0.15, 0.2) is 0 Å². The average molecular weight is 110 g/mol. The standard InChI is InChI=1S/C4H8B2O2/c1-3(6-5)4(8)2-7/h2-3,6H,5H2,1H3. The van der Waals surface area contributed by atoms with E-state index in [2.05, 4.69) is 0 Å². The summed E-state index contributed by atoms with van der Waals surface area (Å²) in [6, 6.07) is 0. The molecule has 42 valence electrons. The van der Waals surface area contributed by atoms with Crippen molar-refractivity contribution < 1.29 is 9.59 Å². The number of carbonyl (C=O) groups excluding carboxylic acids is 2. The Kier molecular flexibility index (Phi) is 3.24. The largest absolute Gasteiger partial charge is 0.295 e. The van der Waals surface area contributed by atoms with E-state index in [0.717, 1.165) is 7.17 Å². The van der Waals surface area contributed by atoms with Gasteiger partial charge in [-0.25, -0.2) is 0 Å². The van der Waals surface area contributed by atoms with Crippen molar-refractivity contribution in [2.45, 2.75) is 12.7 Å². The summed E-state index contributed by atoms with van der Waals surface area (Å²) in [5.41, 5.74) is 0. The third kappa shape index (κ3) is 1.96. The highest BCUT2D eigenvalue weighted by Gasteiger charge is 2.07. The van der Waals surface area contributed by atoms with Crippen molar-refractivity contribution in [1.82, 2.24) is 0 Å². The van der Waals surface area contributed by atoms with Gasteiger partial charge in [-0.3, -0.25) is 9.59 Å². The van der Waals surface area contributed by atoms with Gasteiger partial charge in [0.25, 0.3) is 0 Å². The molecule has 0 saturated carbocycles. The van der Waals surface area contributed by atoms with Crippen LogP contribution < -0.4 is 0 Å². The monoisotopic (exact) mass is 110 g/mol. The second-order valence-electron chi connectivity index (χ2n) is 1.83. The molecule has 0 N–H and O–H groups in total. The summed E-state index contributed by atoms with van der Waals surface area (Å²) in [5, 5.41) is 0. The highest BCUT2D eigenvalue weighted by atomic mass is 16.2. The number of rotatable bonds is 3. The van der Waals surface area contributed by atoms with E-state index >= 15 is 0 Å². The molecule has 0 fully saturated rings. The molecule has 0 aliphatic rings. The van der Waals surface area contributed by atoms with Crippen molar-refractivity contribution in [3.63, 3.8) is 0 Å². The van der Waals surface area contributed by atoms with E-state index in [0.29, 0.717) is 6.29 Å².